The summed E-state index contributed by atoms with van der Waals surface area (Å²) in [5.74, 6) is -0.595. The largest absolute Gasteiger partial charge is 0.462 e. The quantitative estimate of drug-likeness (QED) is 0.0373. The Hall–Kier alpha value is -4.74. The number of aliphatic hydroxyl groups excluding tert-OH is 1. The van der Waals surface area contributed by atoms with Gasteiger partial charge in [0.25, 0.3) is 0 Å². The molecule has 0 saturated carbocycles. The predicted molar refractivity (Wildman–Crippen MR) is 370 cm³/mol. The molecule has 84 heavy (non-hydrogen) atoms. The molecule has 474 valence electrons. The van der Waals surface area contributed by atoms with Gasteiger partial charge in [0.1, 0.15) is 6.61 Å². The van der Waals surface area contributed by atoms with Gasteiger partial charge in [-0.1, -0.05) is 325 Å². The molecular weight excluding hydrogens is 1030 g/mol. The van der Waals surface area contributed by atoms with E-state index in [9.17, 15) is 14.7 Å². The zero-order valence-corrected chi connectivity index (χ0v) is 54.4. The second-order valence-electron chi connectivity index (χ2n) is 22.5. The number of hydrogen-bond acceptors (Lipinski definition) is 5. The van der Waals surface area contributed by atoms with E-state index in [0.717, 1.165) is 128 Å². The molecule has 1 unspecified atom stereocenters. The second-order valence-corrected chi connectivity index (χ2v) is 22.5. The normalized spacial score (nSPS) is 13.3. The number of carbonyl (C=O) groups excluding carboxylic acids is 2. The van der Waals surface area contributed by atoms with Gasteiger partial charge in [0.2, 0.25) is 0 Å². The number of hydrogen-bond donors (Lipinski definition) is 1. The summed E-state index contributed by atoms with van der Waals surface area (Å²) in [6, 6.07) is 0. The summed E-state index contributed by atoms with van der Waals surface area (Å²) in [5, 5.41) is 9.70. The smallest absolute Gasteiger partial charge is 0.306 e. The predicted octanol–water partition coefficient (Wildman–Crippen LogP) is 24.4. The van der Waals surface area contributed by atoms with Crippen molar-refractivity contribution in [3.63, 3.8) is 0 Å². The fraction of sp³-hybridized carbons (Fsp3) is 0.620. The van der Waals surface area contributed by atoms with Crippen molar-refractivity contribution in [1.29, 1.82) is 0 Å². The molecule has 0 radical (unpaired) electrons. The van der Waals surface area contributed by atoms with Crippen molar-refractivity contribution in [2.45, 2.75) is 302 Å². The van der Waals surface area contributed by atoms with Gasteiger partial charge in [-0.25, -0.2) is 0 Å². The van der Waals surface area contributed by atoms with Crippen LogP contribution in [0.1, 0.15) is 296 Å². The van der Waals surface area contributed by atoms with Crippen molar-refractivity contribution in [3.8, 4) is 0 Å². The monoisotopic (exact) mass is 1160 g/mol. The van der Waals surface area contributed by atoms with Gasteiger partial charge in [-0.15, -0.1) is 0 Å². The van der Waals surface area contributed by atoms with Gasteiger partial charge in [0.15, 0.2) is 6.10 Å². The van der Waals surface area contributed by atoms with Crippen LogP contribution in [0.25, 0.3) is 0 Å². The first kappa shape index (κ1) is 79.3. The third kappa shape index (κ3) is 69.8. The first-order chi connectivity index (χ1) is 41.6. The van der Waals surface area contributed by atoms with E-state index in [1.54, 1.807) is 0 Å². The maximum Gasteiger partial charge on any atom is 0.306 e. The lowest BCUT2D eigenvalue weighted by atomic mass is 10.0. The van der Waals surface area contributed by atoms with Crippen molar-refractivity contribution in [2.24, 2.45) is 0 Å². The van der Waals surface area contributed by atoms with Gasteiger partial charge in [0, 0.05) is 12.8 Å². The Morgan fingerprint density at radius 3 is 0.714 bits per heavy atom. The van der Waals surface area contributed by atoms with Crippen LogP contribution in [-0.2, 0) is 19.1 Å². The maximum absolute atomic E-state index is 12.4. The fourth-order valence-electron chi connectivity index (χ4n) is 9.40. The Kier molecular flexibility index (Phi) is 68.4. The summed E-state index contributed by atoms with van der Waals surface area (Å²) in [6.45, 7) is 3.92. The van der Waals surface area contributed by atoms with Crippen LogP contribution < -0.4 is 0 Å². The molecule has 0 amide bonds. The third-order valence-corrected chi connectivity index (χ3v) is 14.5. The molecular formula is C79H128O5. The Morgan fingerprint density at radius 2 is 0.476 bits per heavy atom. The Morgan fingerprint density at radius 1 is 0.274 bits per heavy atom. The molecule has 0 fully saturated rings. The van der Waals surface area contributed by atoms with Crippen LogP contribution >= 0.6 is 0 Å². The lowest BCUT2D eigenvalue weighted by molar-refractivity contribution is -0.161. The van der Waals surface area contributed by atoms with Gasteiger partial charge < -0.3 is 14.6 Å². The van der Waals surface area contributed by atoms with E-state index in [2.05, 4.69) is 184 Å². The number of ether oxygens (including phenoxy) is 2. The van der Waals surface area contributed by atoms with E-state index < -0.39 is 6.10 Å². The topological polar surface area (TPSA) is 72.8 Å². The minimum atomic E-state index is -0.785. The maximum atomic E-state index is 12.4. The highest BCUT2D eigenvalue weighted by Gasteiger charge is 2.16. The van der Waals surface area contributed by atoms with Crippen LogP contribution in [0, 0.1) is 0 Å². The summed E-state index contributed by atoms with van der Waals surface area (Å²) in [7, 11) is 0. The second kappa shape index (κ2) is 72.5. The lowest BCUT2D eigenvalue weighted by Crippen LogP contribution is -2.28. The van der Waals surface area contributed by atoms with Crippen molar-refractivity contribution >= 4 is 11.9 Å². The average Bonchev–Trinajstić information content (AvgIpc) is 3.51. The van der Waals surface area contributed by atoms with Gasteiger partial charge in [-0.3, -0.25) is 9.59 Å². The highest BCUT2D eigenvalue weighted by Crippen LogP contribution is 2.16. The van der Waals surface area contributed by atoms with Crippen molar-refractivity contribution < 1.29 is 24.2 Å². The number of allylic oxidation sites excluding steroid dienone is 28. The Bertz CT molecular complexity index is 1840. The standard InChI is InChI=1S/C79H128O5/c1-3-5-7-9-11-13-15-17-19-21-23-25-27-29-31-33-34-35-36-37-38-39-40-41-42-43-44-46-48-50-52-54-56-58-60-62-64-66-68-70-72-74-79(82)84-77(75-80)76-83-78(81)73-71-69-67-65-63-61-59-57-55-53-51-49-47-45-32-30-28-26-24-22-20-18-16-14-12-10-8-6-4-2/h5-8,11-14,17-20,23-26,29-32,34-35,37-38,40-41,43-44,77,80H,3-4,9-10,15-16,21-22,27-28,33,36,39,42,45-76H2,1-2H3/b7-5-,8-6-,13-11-,14-12-,19-17-,20-18-,25-23-,26-24-,31-29-,32-30-,35-34-,38-37-,41-40-,44-43-. The molecule has 0 spiro atoms. The molecule has 5 heteroatoms. The van der Waals surface area contributed by atoms with Crippen LogP contribution in [0.3, 0.4) is 0 Å². The molecule has 0 bridgehead atoms. The number of unbranched alkanes of at least 4 members (excludes halogenated alkanes) is 26. The van der Waals surface area contributed by atoms with Crippen molar-refractivity contribution in [1.82, 2.24) is 0 Å². The molecule has 5 nitrogen and oxygen atoms in total. The van der Waals surface area contributed by atoms with E-state index in [-0.39, 0.29) is 25.2 Å². The summed E-state index contributed by atoms with van der Waals surface area (Å²) in [6.07, 6.45) is 112. The Labute approximate surface area is 519 Å². The summed E-state index contributed by atoms with van der Waals surface area (Å²) in [4.78, 5) is 24.7. The lowest BCUT2D eigenvalue weighted by Gasteiger charge is -2.15. The first-order valence-corrected chi connectivity index (χ1v) is 34.7. The average molecular weight is 1160 g/mol. The highest BCUT2D eigenvalue weighted by atomic mass is 16.6. The van der Waals surface area contributed by atoms with Gasteiger partial charge in [0.05, 0.1) is 6.61 Å². The Balaban J connectivity index is 3.53. The van der Waals surface area contributed by atoms with Gasteiger partial charge >= 0.3 is 11.9 Å². The summed E-state index contributed by atoms with van der Waals surface area (Å²) >= 11 is 0. The van der Waals surface area contributed by atoms with E-state index in [4.69, 9.17) is 9.47 Å². The molecule has 0 heterocycles. The van der Waals surface area contributed by atoms with Gasteiger partial charge in [-0.05, 0) is 128 Å². The zero-order chi connectivity index (χ0) is 60.5. The van der Waals surface area contributed by atoms with Crippen LogP contribution in [0.2, 0.25) is 0 Å². The first-order valence-electron chi connectivity index (χ1n) is 34.7. The zero-order valence-electron chi connectivity index (χ0n) is 54.4. The van der Waals surface area contributed by atoms with Crippen molar-refractivity contribution in [2.75, 3.05) is 13.2 Å². The number of rotatable bonds is 62. The molecule has 0 saturated heterocycles. The van der Waals surface area contributed by atoms with Crippen LogP contribution in [-0.4, -0.2) is 36.4 Å². The SMILES string of the molecule is CC/C=C\C/C=C\C/C=C\C/C=C\C/C=C\C/C=C\C/C=C\C/C=C\C/C=C\CCCCCCCCCCCCCCCC(=O)OC(CO)COC(=O)CCCCCCCCCCCCCCC/C=C\C/C=C\C/C=C\C/C=C\C/C=C\CC. The summed E-state index contributed by atoms with van der Waals surface area (Å²) in [5.41, 5.74) is 0. The summed E-state index contributed by atoms with van der Waals surface area (Å²) < 4.78 is 10.8. The van der Waals surface area contributed by atoms with Crippen LogP contribution in [0.4, 0.5) is 0 Å². The van der Waals surface area contributed by atoms with Crippen LogP contribution in [0.5, 0.6) is 0 Å². The number of esters is 2. The number of aliphatic hydroxyl groups is 1. The molecule has 0 aliphatic carbocycles. The minimum absolute atomic E-state index is 0.0738. The molecule has 1 atom stereocenters. The molecule has 0 aromatic carbocycles. The third-order valence-electron chi connectivity index (χ3n) is 14.5. The molecule has 0 aliphatic heterocycles. The molecule has 1 N–H and O–H groups in total. The van der Waals surface area contributed by atoms with Crippen LogP contribution in [0.15, 0.2) is 170 Å². The minimum Gasteiger partial charge on any atom is -0.462 e. The van der Waals surface area contributed by atoms with Gasteiger partial charge in [-0.2, -0.15) is 0 Å². The van der Waals surface area contributed by atoms with E-state index in [1.807, 2.05) is 0 Å². The van der Waals surface area contributed by atoms with E-state index in [1.165, 1.54) is 141 Å². The highest BCUT2D eigenvalue weighted by molar-refractivity contribution is 5.70. The fourth-order valence-corrected chi connectivity index (χ4v) is 9.40. The molecule has 0 aliphatic rings. The van der Waals surface area contributed by atoms with E-state index >= 15 is 0 Å². The van der Waals surface area contributed by atoms with E-state index in [0.29, 0.717) is 12.8 Å². The molecule has 0 aromatic rings. The molecule has 0 rings (SSSR count). The molecule has 0 aromatic heterocycles. The van der Waals surface area contributed by atoms with Crippen molar-refractivity contribution in [3.05, 3.63) is 170 Å². The number of carbonyl (C=O) groups is 2.